The van der Waals surface area contributed by atoms with Gasteiger partial charge in [0, 0.05) is 24.2 Å². The molecule has 9 heteroatoms. The standard InChI is InChI=1S/C21H17ClF4N2O.ClH/c22-20-9-17-12(2-1-3-13(17)11-28-20)10-27-14-6-16(7-14)29-15-4-5-19(23)18(8-15)21(24,25)26;/h1-5,8-9,11,14,16,27H,6-7,10H2;1H. The van der Waals surface area contributed by atoms with E-state index in [-0.39, 0.29) is 30.3 Å². The molecule has 0 amide bonds. The first kappa shape index (κ1) is 22.6. The number of halogens is 6. The third-order valence-electron chi connectivity index (χ3n) is 5.04. The molecule has 1 aliphatic carbocycles. The van der Waals surface area contributed by atoms with Gasteiger partial charge in [0.1, 0.15) is 22.8 Å². The van der Waals surface area contributed by atoms with E-state index in [1.54, 1.807) is 6.20 Å². The molecule has 0 atom stereocenters. The Balaban J connectivity index is 0.00000256. The van der Waals surface area contributed by atoms with Gasteiger partial charge < -0.3 is 10.1 Å². The first-order chi connectivity index (χ1) is 13.8. The molecule has 3 aromatic rings. The normalized spacial score (nSPS) is 18.6. The van der Waals surface area contributed by atoms with Crippen LogP contribution in [-0.2, 0) is 12.7 Å². The second-order valence-corrected chi connectivity index (χ2v) is 7.46. The van der Waals surface area contributed by atoms with E-state index < -0.39 is 17.6 Å². The van der Waals surface area contributed by atoms with Crippen molar-refractivity contribution in [1.82, 2.24) is 10.3 Å². The number of alkyl halides is 3. The Hall–Kier alpha value is -2.09. The fourth-order valence-corrected chi connectivity index (χ4v) is 3.59. The lowest BCUT2D eigenvalue weighted by molar-refractivity contribution is -0.140. The molecule has 1 saturated carbocycles. The quantitative estimate of drug-likeness (QED) is 0.365. The van der Waals surface area contributed by atoms with Crippen molar-refractivity contribution in [2.24, 2.45) is 0 Å². The molecule has 1 aromatic heterocycles. The number of benzene rings is 2. The lowest BCUT2D eigenvalue weighted by atomic mass is 9.89. The van der Waals surface area contributed by atoms with Crippen molar-refractivity contribution in [1.29, 1.82) is 0 Å². The monoisotopic (exact) mass is 460 g/mol. The molecule has 0 unspecified atom stereocenters. The van der Waals surface area contributed by atoms with E-state index in [4.69, 9.17) is 16.3 Å². The summed E-state index contributed by atoms with van der Waals surface area (Å²) in [5, 5.41) is 5.88. The molecule has 1 N–H and O–H groups in total. The van der Waals surface area contributed by atoms with Crippen molar-refractivity contribution in [3.63, 3.8) is 0 Å². The highest BCUT2D eigenvalue weighted by atomic mass is 35.5. The van der Waals surface area contributed by atoms with Crippen LogP contribution in [0.3, 0.4) is 0 Å². The summed E-state index contributed by atoms with van der Waals surface area (Å²) in [6.07, 6.45) is -1.90. The largest absolute Gasteiger partial charge is 0.490 e. The van der Waals surface area contributed by atoms with Crippen LogP contribution in [0, 0.1) is 5.82 Å². The minimum Gasteiger partial charge on any atom is -0.490 e. The fourth-order valence-electron chi connectivity index (χ4n) is 3.43. The molecule has 0 spiro atoms. The highest BCUT2D eigenvalue weighted by molar-refractivity contribution is 6.30. The average Bonchev–Trinajstić information content (AvgIpc) is 2.64. The molecule has 160 valence electrons. The maximum absolute atomic E-state index is 13.4. The highest BCUT2D eigenvalue weighted by Gasteiger charge is 2.35. The Labute approximate surface area is 181 Å². The molecule has 2 aromatic carbocycles. The van der Waals surface area contributed by atoms with Gasteiger partial charge in [0.2, 0.25) is 0 Å². The average molecular weight is 461 g/mol. The van der Waals surface area contributed by atoms with Crippen LogP contribution < -0.4 is 10.1 Å². The minimum absolute atomic E-state index is 0. The number of nitrogens with zero attached hydrogens (tertiary/aromatic N) is 1. The molecule has 0 bridgehead atoms. The number of hydrogen-bond acceptors (Lipinski definition) is 3. The van der Waals surface area contributed by atoms with Gasteiger partial charge in [-0.3, -0.25) is 0 Å². The van der Waals surface area contributed by atoms with E-state index in [0.29, 0.717) is 30.6 Å². The molecule has 4 rings (SSSR count). The molecule has 1 aliphatic rings. The molecular weight excluding hydrogens is 443 g/mol. The number of rotatable bonds is 5. The van der Waals surface area contributed by atoms with Crippen LogP contribution >= 0.6 is 24.0 Å². The van der Waals surface area contributed by atoms with Gasteiger partial charge in [-0.25, -0.2) is 9.37 Å². The Morgan fingerprint density at radius 2 is 1.90 bits per heavy atom. The lowest BCUT2D eigenvalue weighted by Crippen LogP contribution is -2.46. The van der Waals surface area contributed by atoms with Crippen LogP contribution in [0.25, 0.3) is 10.8 Å². The second kappa shape index (κ2) is 8.96. The molecule has 0 radical (unpaired) electrons. The lowest BCUT2D eigenvalue weighted by Gasteiger charge is -2.36. The van der Waals surface area contributed by atoms with Gasteiger partial charge in [-0.2, -0.15) is 13.2 Å². The summed E-state index contributed by atoms with van der Waals surface area (Å²) in [5.74, 6) is -1.28. The second-order valence-electron chi connectivity index (χ2n) is 7.07. The van der Waals surface area contributed by atoms with Crippen molar-refractivity contribution in [3.8, 4) is 5.75 Å². The third-order valence-corrected chi connectivity index (χ3v) is 5.25. The van der Waals surface area contributed by atoms with Gasteiger partial charge in [0.15, 0.2) is 0 Å². The van der Waals surface area contributed by atoms with Crippen LogP contribution in [0.2, 0.25) is 5.15 Å². The van der Waals surface area contributed by atoms with Crippen LogP contribution in [0.1, 0.15) is 24.0 Å². The molecule has 30 heavy (non-hydrogen) atoms. The fraction of sp³-hybridized carbons (Fsp3) is 0.286. The number of pyridine rings is 1. The number of aromatic nitrogens is 1. The van der Waals surface area contributed by atoms with E-state index in [1.807, 2.05) is 24.3 Å². The summed E-state index contributed by atoms with van der Waals surface area (Å²) in [5.41, 5.74) is -0.224. The van der Waals surface area contributed by atoms with Gasteiger partial charge in [0.05, 0.1) is 5.56 Å². The van der Waals surface area contributed by atoms with Gasteiger partial charge in [-0.1, -0.05) is 29.8 Å². The number of hydrogen-bond donors (Lipinski definition) is 1. The van der Waals surface area contributed by atoms with Crippen LogP contribution in [-0.4, -0.2) is 17.1 Å². The molecular formula is C21H18Cl2F4N2O. The molecule has 1 heterocycles. The molecule has 1 fully saturated rings. The number of nitrogens with one attached hydrogen (secondary N) is 1. The van der Waals surface area contributed by atoms with Crippen LogP contribution in [0.5, 0.6) is 5.75 Å². The van der Waals surface area contributed by atoms with E-state index in [9.17, 15) is 17.6 Å². The van der Waals surface area contributed by atoms with E-state index >= 15 is 0 Å². The Kier molecular flexibility index (Phi) is 6.75. The smallest absolute Gasteiger partial charge is 0.419 e. The maximum Gasteiger partial charge on any atom is 0.419 e. The predicted octanol–water partition coefficient (Wildman–Crippen LogP) is 6.17. The van der Waals surface area contributed by atoms with Gasteiger partial charge in [0.25, 0.3) is 0 Å². The number of ether oxygens (including phenoxy) is 1. The van der Waals surface area contributed by atoms with Crippen molar-refractivity contribution in [2.45, 2.75) is 37.7 Å². The summed E-state index contributed by atoms with van der Waals surface area (Å²) in [7, 11) is 0. The first-order valence-electron chi connectivity index (χ1n) is 9.09. The van der Waals surface area contributed by atoms with E-state index in [0.717, 1.165) is 22.4 Å². The van der Waals surface area contributed by atoms with Crippen molar-refractivity contribution in [3.05, 3.63) is 70.8 Å². The Morgan fingerprint density at radius 3 is 2.63 bits per heavy atom. The first-order valence-corrected chi connectivity index (χ1v) is 9.47. The van der Waals surface area contributed by atoms with Crippen LogP contribution in [0.15, 0.2) is 48.7 Å². The predicted molar refractivity (Wildman–Crippen MR) is 110 cm³/mol. The van der Waals surface area contributed by atoms with E-state index in [1.165, 1.54) is 6.07 Å². The van der Waals surface area contributed by atoms with Gasteiger partial charge in [-0.05, 0) is 48.1 Å². The molecule has 0 saturated heterocycles. The van der Waals surface area contributed by atoms with Crippen molar-refractivity contribution >= 4 is 34.8 Å². The minimum atomic E-state index is -4.75. The maximum atomic E-state index is 13.4. The summed E-state index contributed by atoms with van der Waals surface area (Å²) < 4.78 is 57.3. The highest BCUT2D eigenvalue weighted by Crippen LogP contribution is 2.35. The number of fused-ring (bicyclic) bond motifs is 1. The zero-order valence-corrected chi connectivity index (χ0v) is 17.1. The molecule has 0 aliphatic heterocycles. The third kappa shape index (κ3) is 4.96. The summed E-state index contributed by atoms with van der Waals surface area (Å²) >= 11 is 6.00. The Morgan fingerprint density at radius 1 is 1.13 bits per heavy atom. The zero-order valence-electron chi connectivity index (χ0n) is 15.5. The summed E-state index contributed by atoms with van der Waals surface area (Å²) in [6, 6.07) is 10.7. The zero-order chi connectivity index (χ0) is 20.6. The summed E-state index contributed by atoms with van der Waals surface area (Å²) in [4.78, 5) is 4.08. The SMILES string of the molecule is Cl.Fc1ccc(OC2CC(NCc3cccc4cnc(Cl)cc34)C2)cc1C(F)(F)F. The van der Waals surface area contributed by atoms with Crippen molar-refractivity contribution < 1.29 is 22.3 Å². The van der Waals surface area contributed by atoms with Crippen LogP contribution in [0.4, 0.5) is 17.6 Å². The van der Waals surface area contributed by atoms with Gasteiger partial charge in [-0.15, -0.1) is 12.4 Å². The summed E-state index contributed by atoms with van der Waals surface area (Å²) in [6.45, 7) is 0.629. The molecule has 3 nitrogen and oxygen atoms in total. The topological polar surface area (TPSA) is 34.1 Å². The van der Waals surface area contributed by atoms with E-state index in [2.05, 4.69) is 10.3 Å². The van der Waals surface area contributed by atoms with Crippen molar-refractivity contribution in [2.75, 3.05) is 0 Å². The Bertz CT molecular complexity index is 1040. The van der Waals surface area contributed by atoms with Gasteiger partial charge >= 0.3 is 6.18 Å².